The van der Waals surface area contributed by atoms with Crippen LogP contribution in [-0.4, -0.2) is 0 Å². The summed E-state index contributed by atoms with van der Waals surface area (Å²) < 4.78 is 13.5. The summed E-state index contributed by atoms with van der Waals surface area (Å²) in [4.78, 5) is 0. The van der Waals surface area contributed by atoms with Gasteiger partial charge < -0.3 is 5.73 Å². The minimum atomic E-state index is -0.190. The molecule has 0 fully saturated rings. The molecule has 1 rings (SSSR count). The number of halogens is 1. The van der Waals surface area contributed by atoms with Gasteiger partial charge in [-0.05, 0) is 25.3 Å². The molecule has 0 radical (unpaired) electrons. The predicted octanol–water partition coefficient (Wildman–Crippen LogP) is 3.57. The highest BCUT2D eigenvalue weighted by molar-refractivity contribution is 5.27. The van der Waals surface area contributed by atoms with Crippen molar-refractivity contribution in [3.63, 3.8) is 0 Å². The second-order valence-corrected chi connectivity index (χ2v) is 4.32. The van der Waals surface area contributed by atoms with E-state index in [1.165, 1.54) is 6.07 Å². The van der Waals surface area contributed by atoms with Gasteiger partial charge in [-0.25, -0.2) is 4.39 Å². The molecule has 84 valence electrons. The standard InChI is InChI=1S/C13H20FN/c1-4-5-10(3)13(15)11-8-9(2)6-7-12(11)14/h6-8,10,13H,4-5,15H2,1-3H3. The van der Waals surface area contributed by atoms with E-state index in [1.54, 1.807) is 6.07 Å². The van der Waals surface area contributed by atoms with Gasteiger partial charge in [-0.15, -0.1) is 0 Å². The van der Waals surface area contributed by atoms with E-state index in [-0.39, 0.29) is 11.9 Å². The van der Waals surface area contributed by atoms with Crippen LogP contribution in [0.25, 0.3) is 0 Å². The maximum atomic E-state index is 13.5. The molecule has 0 saturated heterocycles. The third kappa shape index (κ3) is 3.03. The Morgan fingerprint density at radius 1 is 1.40 bits per heavy atom. The van der Waals surface area contributed by atoms with Crippen molar-refractivity contribution in [3.8, 4) is 0 Å². The fraction of sp³-hybridized carbons (Fsp3) is 0.538. The van der Waals surface area contributed by atoms with Gasteiger partial charge in [-0.3, -0.25) is 0 Å². The zero-order valence-corrected chi connectivity index (χ0v) is 9.76. The Balaban J connectivity index is 2.89. The molecule has 0 aromatic heterocycles. The minimum Gasteiger partial charge on any atom is -0.324 e. The molecule has 0 bridgehead atoms. The molecule has 0 spiro atoms. The zero-order chi connectivity index (χ0) is 11.4. The van der Waals surface area contributed by atoms with Gasteiger partial charge in [0.05, 0.1) is 0 Å². The zero-order valence-electron chi connectivity index (χ0n) is 9.76. The van der Waals surface area contributed by atoms with Crippen molar-refractivity contribution < 1.29 is 4.39 Å². The largest absolute Gasteiger partial charge is 0.324 e. The normalized spacial score (nSPS) is 15.0. The molecule has 0 aliphatic carbocycles. The number of nitrogens with two attached hydrogens (primary N) is 1. The molecule has 0 aliphatic rings. The average Bonchev–Trinajstić information content (AvgIpc) is 2.21. The van der Waals surface area contributed by atoms with E-state index < -0.39 is 0 Å². The van der Waals surface area contributed by atoms with E-state index in [4.69, 9.17) is 5.73 Å². The fourth-order valence-corrected chi connectivity index (χ4v) is 1.86. The van der Waals surface area contributed by atoms with E-state index in [1.807, 2.05) is 13.0 Å². The number of aryl methyl sites for hydroxylation is 1. The SMILES string of the molecule is CCCC(C)C(N)c1cc(C)ccc1F. The first-order valence-electron chi connectivity index (χ1n) is 5.58. The maximum Gasteiger partial charge on any atom is 0.127 e. The third-order valence-electron chi connectivity index (χ3n) is 2.87. The van der Waals surface area contributed by atoms with Gasteiger partial charge in [0.25, 0.3) is 0 Å². The summed E-state index contributed by atoms with van der Waals surface area (Å²) in [7, 11) is 0. The van der Waals surface area contributed by atoms with Crippen LogP contribution in [0.1, 0.15) is 43.9 Å². The van der Waals surface area contributed by atoms with E-state index >= 15 is 0 Å². The first-order valence-corrected chi connectivity index (χ1v) is 5.58. The lowest BCUT2D eigenvalue weighted by atomic mass is 9.91. The summed E-state index contributed by atoms with van der Waals surface area (Å²) in [6.45, 7) is 6.16. The minimum absolute atomic E-state index is 0.184. The van der Waals surface area contributed by atoms with Crippen LogP contribution in [-0.2, 0) is 0 Å². The highest BCUT2D eigenvalue weighted by atomic mass is 19.1. The van der Waals surface area contributed by atoms with Crippen LogP contribution in [0.15, 0.2) is 18.2 Å². The molecule has 0 heterocycles. The topological polar surface area (TPSA) is 26.0 Å². The second kappa shape index (κ2) is 5.26. The summed E-state index contributed by atoms with van der Waals surface area (Å²) in [6.07, 6.45) is 2.12. The Hall–Kier alpha value is -0.890. The molecule has 2 heteroatoms. The highest BCUT2D eigenvalue weighted by Gasteiger charge is 2.17. The average molecular weight is 209 g/mol. The summed E-state index contributed by atoms with van der Waals surface area (Å²) in [5.41, 5.74) is 7.76. The van der Waals surface area contributed by atoms with Crippen LogP contribution in [0, 0.1) is 18.7 Å². The predicted molar refractivity (Wildman–Crippen MR) is 62.1 cm³/mol. The lowest BCUT2D eigenvalue weighted by Gasteiger charge is -2.20. The van der Waals surface area contributed by atoms with Crippen molar-refractivity contribution in [1.82, 2.24) is 0 Å². The molecule has 0 aliphatic heterocycles. The quantitative estimate of drug-likeness (QED) is 0.806. The van der Waals surface area contributed by atoms with E-state index in [9.17, 15) is 4.39 Å². The van der Waals surface area contributed by atoms with Crippen molar-refractivity contribution >= 4 is 0 Å². The number of hydrogen-bond donors (Lipinski definition) is 1. The van der Waals surface area contributed by atoms with Gasteiger partial charge in [0, 0.05) is 11.6 Å². The molecule has 0 amide bonds. The van der Waals surface area contributed by atoms with Gasteiger partial charge in [-0.2, -0.15) is 0 Å². The van der Waals surface area contributed by atoms with Crippen molar-refractivity contribution in [2.75, 3.05) is 0 Å². The molecular formula is C13H20FN. The van der Waals surface area contributed by atoms with E-state index in [0.29, 0.717) is 11.5 Å². The molecular weight excluding hydrogens is 189 g/mol. The summed E-state index contributed by atoms with van der Waals surface area (Å²) in [6, 6.07) is 4.94. The van der Waals surface area contributed by atoms with Gasteiger partial charge in [0.15, 0.2) is 0 Å². The summed E-state index contributed by atoms with van der Waals surface area (Å²) >= 11 is 0. The molecule has 2 unspecified atom stereocenters. The number of benzene rings is 1. The van der Waals surface area contributed by atoms with Gasteiger partial charge >= 0.3 is 0 Å². The Morgan fingerprint density at radius 2 is 2.07 bits per heavy atom. The number of rotatable bonds is 4. The first-order chi connectivity index (χ1) is 7.06. The molecule has 2 N–H and O–H groups in total. The molecule has 2 atom stereocenters. The van der Waals surface area contributed by atoms with Crippen LogP contribution >= 0.6 is 0 Å². The summed E-state index contributed by atoms with van der Waals surface area (Å²) in [5, 5.41) is 0. The van der Waals surface area contributed by atoms with Crippen LogP contribution in [0.5, 0.6) is 0 Å². The van der Waals surface area contributed by atoms with E-state index in [0.717, 1.165) is 18.4 Å². The van der Waals surface area contributed by atoms with Crippen molar-refractivity contribution in [1.29, 1.82) is 0 Å². The van der Waals surface area contributed by atoms with Crippen LogP contribution < -0.4 is 5.73 Å². The maximum absolute atomic E-state index is 13.5. The van der Waals surface area contributed by atoms with Crippen LogP contribution in [0.3, 0.4) is 0 Å². The molecule has 0 saturated carbocycles. The molecule has 1 aromatic carbocycles. The van der Waals surface area contributed by atoms with Gasteiger partial charge in [0.2, 0.25) is 0 Å². The Kier molecular flexibility index (Phi) is 4.28. The van der Waals surface area contributed by atoms with Crippen molar-refractivity contribution in [2.24, 2.45) is 11.7 Å². The fourth-order valence-electron chi connectivity index (χ4n) is 1.86. The number of hydrogen-bond acceptors (Lipinski definition) is 1. The smallest absolute Gasteiger partial charge is 0.127 e. The monoisotopic (exact) mass is 209 g/mol. The third-order valence-corrected chi connectivity index (χ3v) is 2.87. The Bertz CT molecular complexity index is 322. The van der Waals surface area contributed by atoms with Crippen molar-refractivity contribution in [3.05, 3.63) is 35.1 Å². The van der Waals surface area contributed by atoms with Crippen LogP contribution in [0.2, 0.25) is 0 Å². The highest BCUT2D eigenvalue weighted by Crippen LogP contribution is 2.25. The molecule has 1 nitrogen and oxygen atoms in total. The van der Waals surface area contributed by atoms with Gasteiger partial charge in [-0.1, -0.05) is 38.0 Å². The van der Waals surface area contributed by atoms with E-state index in [2.05, 4.69) is 13.8 Å². The lowest BCUT2D eigenvalue weighted by Crippen LogP contribution is -2.20. The Labute approximate surface area is 91.5 Å². The van der Waals surface area contributed by atoms with Gasteiger partial charge in [0.1, 0.15) is 5.82 Å². The second-order valence-electron chi connectivity index (χ2n) is 4.32. The molecule has 15 heavy (non-hydrogen) atoms. The summed E-state index contributed by atoms with van der Waals surface area (Å²) in [5.74, 6) is 0.141. The first kappa shape index (κ1) is 12.2. The van der Waals surface area contributed by atoms with Crippen molar-refractivity contribution in [2.45, 2.75) is 39.7 Å². The lowest BCUT2D eigenvalue weighted by molar-refractivity contribution is 0.419. The van der Waals surface area contributed by atoms with Crippen LogP contribution in [0.4, 0.5) is 4.39 Å². The molecule has 1 aromatic rings. The Morgan fingerprint density at radius 3 is 2.67 bits per heavy atom.